The summed E-state index contributed by atoms with van der Waals surface area (Å²) in [6.45, 7) is 4.37. The first-order chi connectivity index (χ1) is 6.33. The summed E-state index contributed by atoms with van der Waals surface area (Å²) in [4.78, 5) is 0. The molecule has 0 aromatic heterocycles. The van der Waals surface area contributed by atoms with Crippen molar-refractivity contribution in [3.63, 3.8) is 0 Å². The fourth-order valence-corrected chi connectivity index (χ4v) is 1.37. The third-order valence-corrected chi connectivity index (χ3v) is 2.27. The van der Waals surface area contributed by atoms with Gasteiger partial charge in [-0.1, -0.05) is 56.0 Å². The van der Waals surface area contributed by atoms with Crippen LogP contribution in [0.2, 0.25) is 0 Å². The first kappa shape index (κ1) is 10.3. The van der Waals surface area contributed by atoms with Gasteiger partial charge in [0.25, 0.3) is 0 Å². The molecule has 13 heavy (non-hydrogen) atoms. The molecule has 0 fully saturated rings. The fraction of sp³-hybridized carbons (Fsp3) is 0.462. The van der Waals surface area contributed by atoms with Gasteiger partial charge in [-0.05, 0) is 25.3 Å². The van der Waals surface area contributed by atoms with E-state index in [4.69, 9.17) is 0 Å². The van der Waals surface area contributed by atoms with Crippen LogP contribution in [0.15, 0.2) is 24.3 Å². The van der Waals surface area contributed by atoms with Gasteiger partial charge in [0.05, 0.1) is 0 Å². The van der Waals surface area contributed by atoms with Crippen LogP contribution in [0.4, 0.5) is 0 Å². The van der Waals surface area contributed by atoms with Crippen LogP contribution in [0.25, 0.3) is 0 Å². The number of unbranched alkanes of at least 4 members (excludes halogenated alkanes) is 3. The number of hydrogen-bond acceptors (Lipinski definition) is 0. The highest BCUT2D eigenvalue weighted by atomic mass is 14.0. The lowest BCUT2D eigenvalue weighted by Crippen LogP contribution is -1.82. The Hall–Kier alpha value is -0.780. The van der Waals surface area contributed by atoms with Crippen molar-refractivity contribution in [3.05, 3.63) is 41.8 Å². The molecule has 0 unspecified atom stereocenters. The molecule has 1 rings (SSSR count). The second-order valence-electron chi connectivity index (χ2n) is 3.61. The van der Waals surface area contributed by atoms with Crippen LogP contribution in [0.5, 0.6) is 0 Å². The molecule has 0 saturated heterocycles. The Morgan fingerprint density at radius 3 is 2.38 bits per heavy atom. The smallest absolute Gasteiger partial charge is 0.00931 e. The van der Waals surface area contributed by atoms with Gasteiger partial charge < -0.3 is 0 Å². The zero-order chi connectivity index (χ0) is 9.52. The van der Waals surface area contributed by atoms with Gasteiger partial charge in [-0.2, -0.15) is 0 Å². The van der Waals surface area contributed by atoms with Crippen LogP contribution in [-0.4, -0.2) is 0 Å². The number of rotatable bonds is 5. The minimum Gasteiger partial charge on any atom is -0.0654 e. The van der Waals surface area contributed by atoms with Crippen molar-refractivity contribution in [1.82, 2.24) is 0 Å². The van der Waals surface area contributed by atoms with Crippen molar-refractivity contribution in [2.75, 3.05) is 0 Å². The second-order valence-corrected chi connectivity index (χ2v) is 3.61. The van der Waals surface area contributed by atoms with E-state index in [0.29, 0.717) is 0 Å². The molecular weight excluding hydrogens is 156 g/mol. The van der Waals surface area contributed by atoms with Gasteiger partial charge in [-0.15, -0.1) is 0 Å². The molecule has 0 heteroatoms. The molecule has 0 N–H and O–H groups in total. The second kappa shape index (κ2) is 5.80. The van der Waals surface area contributed by atoms with Gasteiger partial charge in [0.1, 0.15) is 0 Å². The van der Waals surface area contributed by atoms with Crippen LogP contribution in [0, 0.1) is 13.3 Å². The fourth-order valence-electron chi connectivity index (χ4n) is 1.37. The topological polar surface area (TPSA) is 0 Å². The van der Waals surface area contributed by atoms with E-state index >= 15 is 0 Å². The third-order valence-electron chi connectivity index (χ3n) is 2.27. The van der Waals surface area contributed by atoms with E-state index < -0.39 is 0 Å². The molecule has 0 spiro atoms. The Morgan fingerprint density at radius 2 is 1.77 bits per heavy atom. The van der Waals surface area contributed by atoms with Crippen molar-refractivity contribution >= 4 is 0 Å². The summed E-state index contributed by atoms with van der Waals surface area (Å²) in [5, 5.41) is 0. The highest BCUT2D eigenvalue weighted by Crippen LogP contribution is 2.10. The Balaban J connectivity index is 2.25. The monoisotopic (exact) mass is 175 g/mol. The molecule has 0 bridgehead atoms. The molecular formula is C13H19. The number of hydrogen-bond donors (Lipinski definition) is 0. The van der Waals surface area contributed by atoms with Crippen molar-refractivity contribution < 1.29 is 0 Å². The third kappa shape index (κ3) is 4.12. The molecule has 0 aliphatic carbocycles. The maximum atomic E-state index is 2.33. The lowest BCUT2D eigenvalue weighted by molar-refractivity contribution is 0.715. The normalized spacial score (nSPS) is 10.3. The molecule has 0 amide bonds. The summed E-state index contributed by atoms with van der Waals surface area (Å²) < 4.78 is 0. The molecule has 0 nitrogen and oxygen atoms in total. The molecule has 1 radical (unpaired) electrons. The van der Waals surface area contributed by atoms with Crippen LogP contribution in [0.3, 0.4) is 0 Å². The highest BCUT2D eigenvalue weighted by molar-refractivity contribution is 5.26. The minimum absolute atomic E-state index is 1.22. The van der Waals surface area contributed by atoms with E-state index in [2.05, 4.69) is 44.5 Å². The summed E-state index contributed by atoms with van der Waals surface area (Å²) in [7, 11) is 0. The minimum atomic E-state index is 1.22. The van der Waals surface area contributed by atoms with Crippen molar-refractivity contribution in [2.24, 2.45) is 0 Å². The van der Waals surface area contributed by atoms with Gasteiger partial charge in [0.2, 0.25) is 0 Å². The summed E-state index contributed by atoms with van der Waals surface area (Å²) in [5.41, 5.74) is 2.70. The average molecular weight is 175 g/mol. The first-order valence-electron chi connectivity index (χ1n) is 5.23. The largest absolute Gasteiger partial charge is 0.0654 e. The Morgan fingerprint density at radius 1 is 1.08 bits per heavy atom. The average Bonchev–Trinajstić information content (AvgIpc) is 2.15. The SMILES string of the molecule is CCCCC[CH]c1ccc(C)cc1. The highest BCUT2D eigenvalue weighted by Gasteiger charge is 1.92. The van der Waals surface area contributed by atoms with Crippen LogP contribution >= 0.6 is 0 Å². The zero-order valence-electron chi connectivity index (χ0n) is 8.72. The molecule has 71 valence electrons. The number of benzene rings is 1. The quantitative estimate of drug-likeness (QED) is 0.590. The first-order valence-corrected chi connectivity index (χ1v) is 5.23. The van der Waals surface area contributed by atoms with E-state index in [1.54, 1.807) is 0 Å². The molecule has 1 aromatic carbocycles. The zero-order valence-corrected chi connectivity index (χ0v) is 8.72. The standard InChI is InChI=1S/C13H19/c1-3-4-5-6-7-13-10-8-12(2)9-11-13/h7-11H,3-6H2,1-2H3. The van der Waals surface area contributed by atoms with E-state index in [-0.39, 0.29) is 0 Å². The Bertz CT molecular complexity index is 220. The molecule has 1 aromatic rings. The summed E-state index contributed by atoms with van der Waals surface area (Å²) in [5.74, 6) is 0. The summed E-state index contributed by atoms with van der Waals surface area (Å²) in [6, 6.07) is 8.74. The van der Waals surface area contributed by atoms with E-state index in [1.807, 2.05) is 0 Å². The van der Waals surface area contributed by atoms with E-state index in [9.17, 15) is 0 Å². The molecule has 0 aliphatic heterocycles. The Labute approximate surface area is 82.0 Å². The van der Waals surface area contributed by atoms with E-state index in [0.717, 1.165) is 0 Å². The maximum absolute atomic E-state index is 2.33. The van der Waals surface area contributed by atoms with Crippen LogP contribution in [0.1, 0.15) is 43.7 Å². The van der Waals surface area contributed by atoms with Crippen molar-refractivity contribution in [1.29, 1.82) is 0 Å². The molecule has 0 saturated carbocycles. The van der Waals surface area contributed by atoms with Crippen LogP contribution in [-0.2, 0) is 0 Å². The Kier molecular flexibility index (Phi) is 4.59. The lowest BCUT2D eigenvalue weighted by Gasteiger charge is -2.00. The van der Waals surface area contributed by atoms with Crippen molar-refractivity contribution in [3.8, 4) is 0 Å². The van der Waals surface area contributed by atoms with Gasteiger partial charge in [0, 0.05) is 0 Å². The van der Waals surface area contributed by atoms with Gasteiger partial charge >= 0.3 is 0 Å². The van der Waals surface area contributed by atoms with Gasteiger partial charge in [-0.25, -0.2) is 0 Å². The predicted molar refractivity (Wildman–Crippen MR) is 58.7 cm³/mol. The predicted octanol–water partition coefficient (Wildman–Crippen LogP) is 4.13. The molecule has 0 aliphatic rings. The summed E-state index contributed by atoms with van der Waals surface area (Å²) in [6.07, 6.45) is 7.53. The molecule has 0 atom stereocenters. The van der Waals surface area contributed by atoms with E-state index in [1.165, 1.54) is 36.8 Å². The lowest BCUT2D eigenvalue weighted by atomic mass is 10.1. The maximum Gasteiger partial charge on any atom is -0.00931 e. The van der Waals surface area contributed by atoms with Crippen molar-refractivity contribution in [2.45, 2.75) is 39.5 Å². The summed E-state index contributed by atoms with van der Waals surface area (Å²) >= 11 is 0. The molecule has 0 heterocycles. The van der Waals surface area contributed by atoms with Gasteiger partial charge in [-0.3, -0.25) is 0 Å². The number of aryl methyl sites for hydroxylation is 1. The van der Waals surface area contributed by atoms with Gasteiger partial charge in [0.15, 0.2) is 0 Å². The van der Waals surface area contributed by atoms with Crippen LogP contribution < -0.4 is 0 Å².